The van der Waals surface area contributed by atoms with E-state index in [-0.39, 0.29) is 17.2 Å². The standard InChI is InChI=1S/C15H12ClFO/c1-10-2-5-12(6-3-10)15(18)9-11-4-7-13(16)14(17)8-11/h2-8H,9H2,1H3. The van der Waals surface area contributed by atoms with E-state index in [1.165, 1.54) is 12.1 Å². The number of Topliss-reactive ketones (excluding diaryl/α,β-unsaturated/α-hetero) is 1. The summed E-state index contributed by atoms with van der Waals surface area (Å²) in [4.78, 5) is 12.0. The van der Waals surface area contributed by atoms with Crippen LogP contribution in [0, 0.1) is 12.7 Å². The first kappa shape index (κ1) is 12.8. The molecule has 0 atom stereocenters. The SMILES string of the molecule is Cc1ccc(C(=O)Cc2ccc(Cl)c(F)c2)cc1. The molecule has 18 heavy (non-hydrogen) atoms. The molecule has 2 rings (SSSR count). The quantitative estimate of drug-likeness (QED) is 0.757. The minimum Gasteiger partial charge on any atom is -0.294 e. The van der Waals surface area contributed by atoms with Crippen LogP contribution in [0.5, 0.6) is 0 Å². The Labute approximate surface area is 110 Å². The van der Waals surface area contributed by atoms with Crippen molar-refractivity contribution < 1.29 is 9.18 Å². The number of halogens is 2. The highest BCUT2D eigenvalue weighted by Crippen LogP contribution is 2.17. The smallest absolute Gasteiger partial charge is 0.167 e. The van der Waals surface area contributed by atoms with Crippen LogP contribution in [-0.4, -0.2) is 5.78 Å². The molecule has 0 radical (unpaired) electrons. The second kappa shape index (κ2) is 5.32. The highest BCUT2D eigenvalue weighted by atomic mass is 35.5. The van der Waals surface area contributed by atoms with Crippen molar-refractivity contribution in [2.45, 2.75) is 13.3 Å². The average molecular weight is 263 g/mol. The van der Waals surface area contributed by atoms with Crippen LogP contribution in [0.15, 0.2) is 42.5 Å². The summed E-state index contributed by atoms with van der Waals surface area (Å²) in [5.41, 5.74) is 2.36. The van der Waals surface area contributed by atoms with Gasteiger partial charge in [0.2, 0.25) is 0 Å². The Balaban J connectivity index is 2.16. The molecule has 0 heterocycles. The molecule has 0 aliphatic heterocycles. The van der Waals surface area contributed by atoms with Gasteiger partial charge in [-0.1, -0.05) is 47.5 Å². The van der Waals surface area contributed by atoms with Gasteiger partial charge in [-0.25, -0.2) is 4.39 Å². The fraction of sp³-hybridized carbons (Fsp3) is 0.133. The van der Waals surface area contributed by atoms with Gasteiger partial charge in [0.15, 0.2) is 5.78 Å². The molecular formula is C15H12ClFO. The molecule has 1 nitrogen and oxygen atoms in total. The fourth-order valence-electron chi connectivity index (χ4n) is 1.68. The minimum absolute atomic E-state index is 0.0308. The second-order valence-electron chi connectivity index (χ2n) is 4.21. The first-order valence-corrected chi connectivity index (χ1v) is 5.98. The summed E-state index contributed by atoms with van der Waals surface area (Å²) < 4.78 is 13.2. The molecule has 3 heteroatoms. The molecule has 0 N–H and O–H groups in total. The maximum Gasteiger partial charge on any atom is 0.167 e. The summed E-state index contributed by atoms with van der Waals surface area (Å²) in [6.45, 7) is 1.96. The molecule has 0 aliphatic carbocycles. The summed E-state index contributed by atoms with van der Waals surface area (Å²) in [6, 6.07) is 11.8. The van der Waals surface area contributed by atoms with Gasteiger partial charge in [0.1, 0.15) is 5.82 Å². The number of aryl methyl sites for hydroxylation is 1. The summed E-state index contributed by atoms with van der Waals surface area (Å²) in [5, 5.41) is 0.0709. The predicted octanol–water partition coefficient (Wildman–Crippen LogP) is 4.21. The summed E-state index contributed by atoms with van der Waals surface area (Å²) in [7, 11) is 0. The van der Waals surface area contributed by atoms with Crippen LogP contribution in [0.25, 0.3) is 0 Å². The van der Waals surface area contributed by atoms with Crippen LogP contribution in [0.4, 0.5) is 4.39 Å². The van der Waals surface area contributed by atoms with Gasteiger partial charge < -0.3 is 0 Å². The minimum atomic E-state index is -0.495. The highest BCUT2D eigenvalue weighted by Gasteiger charge is 2.08. The Morgan fingerprint density at radius 1 is 1.17 bits per heavy atom. The van der Waals surface area contributed by atoms with Crippen molar-refractivity contribution in [3.8, 4) is 0 Å². The molecule has 0 aliphatic rings. The van der Waals surface area contributed by atoms with Gasteiger partial charge in [-0.05, 0) is 24.6 Å². The third kappa shape index (κ3) is 2.96. The van der Waals surface area contributed by atoms with Crippen LogP contribution in [0.1, 0.15) is 21.5 Å². The summed E-state index contributed by atoms with van der Waals surface area (Å²) in [6.07, 6.45) is 0.178. The molecule has 2 aromatic carbocycles. The molecule has 0 saturated carbocycles. The number of benzene rings is 2. The zero-order valence-electron chi connectivity index (χ0n) is 9.91. The van der Waals surface area contributed by atoms with E-state index in [1.54, 1.807) is 18.2 Å². The zero-order valence-corrected chi connectivity index (χ0v) is 10.7. The molecule has 0 unspecified atom stereocenters. The maximum atomic E-state index is 13.2. The lowest BCUT2D eigenvalue weighted by molar-refractivity contribution is 0.0993. The van der Waals surface area contributed by atoms with Crippen molar-refractivity contribution in [3.63, 3.8) is 0 Å². The molecule has 0 bridgehead atoms. The van der Waals surface area contributed by atoms with E-state index in [2.05, 4.69) is 0 Å². The molecule has 0 fully saturated rings. The average Bonchev–Trinajstić information content (AvgIpc) is 2.34. The lowest BCUT2D eigenvalue weighted by atomic mass is 10.0. The van der Waals surface area contributed by atoms with E-state index in [1.807, 2.05) is 19.1 Å². The number of rotatable bonds is 3. The Morgan fingerprint density at radius 3 is 2.44 bits per heavy atom. The maximum absolute atomic E-state index is 13.2. The number of hydrogen-bond acceptors (Lipinski definition) is 1. The van der Waals surface area contributed by atoms with Gasteiger partial charge in [0.05, 0.1) is 5.02 Å². The van der Waals surface area contributed by atoms with Gasteiger partial charge in [-0.15, -0.1) is 0 Å². The van der Waals surface area contributed by atoms with Crippen LogP contribution >= 0.6 is 11.6 Å². The zero-order chi connectivity index (χ0) is 13.1. The first-order chi connectivity index (χ1) is 8.56. The van der Waals surface area contributed by atoms with Crippen molar-refractivity contribution in [2.75, 3.05) is 0 Å². The Kier molecular flexibility index (Phi) is 3.78. The van der Waals surface area contributed by atoms with Crippen LogP contribution in [0.2, 0.25) is 5.02 Å². The van der Waals surface area contributed by atoms with Gasteiger partial charge in [0.25, 0.3) is 0 Å². The largest absolute Gasteiger partial charge is 0.294 e. The van der Waals surface area contributed by atoms with E-state index in [9.17, 15) is 9.18 Å². The second-order valence-corrected chi connectivity index (χ2v) is 4.62. The van der Waals surface area contributed by atoms with Crippen molar-refractivity contribution in [2.24, 2.45) is 0 Å². The lowest BCUT2D eigenvalue weighted by Crippen LogP contribution is -2.03. The highest BCUT2D eigenvalue weighted by molar-refractivity contribution is 6.30. The number of carbonyl (C=O) groups is 1. The van der Waals surface area contributed by atoms with Gasteiger partial charge >= 0.3 is 0 Å². The predicted molar refractivity (Wildman–Crippen MR) is 70.6 cm³/mol. The molecule has 92 valence electrons. The van der Waals surface area contributed by atoms with Crippen LogP contribution in [0.3, 0.4) is 0 Å². The third-order valence-electron chi connectivity index (χ3n) is 2.72. The molecule has 0 saturated heterocycles. The number of hydrogen-bond donors (Lipinski definition) is 0. The van der Waals surface area contributed by atoms with E-state index >= 15 is 0 Å². The van der Waals surface area contributed by atoms with E-state index < -0.39 is 5.82 Å². The monoisotopic (exact) mass is 262 g/mol. The number of ketones is 1. The Hall–Kier alpha value is -1.67. The Morgan fingerprint density at radius 2 is 1.83 bits per heavy atom. The molecular weight excluding hydrogens is 251 g/mol. The van der Waals surface area contributed by atoms with Crippen molar-refractivity contribution >= 4 is 17.4 Å². The van der Waals surface area contributed by atoms with Gasteiger partial charge in [-0.3, -0.25) is 4.79 Å². The van der Waals surface area contributed by atoms with Crippen molar-refractivity contribution in [3.05, 3.63) is 70.0 Å². The van der Waals surface area contributed by atoms with Crippen molar-refractivity contribution in [1.29, 1.82) is 0 Å². The molecule has 0 spiro atoms. The lowest BCUT2D eigenvalue weighted by Gasteiger charge is -2.03. The Bertz CT molecular complexity index is 576. The number of carbonyl (C=O) groups excluding carboxylic acids is 1. The third-order valence-corrected chi connectivity index (χ3v) is 3.03. The van der Waals surface area contributed by atoms with Crippen LogP contribution < -0.4 is 0 Å². The molecule has 0 aromatic heterocycles. The fourth-order valence-corrected chi connectivity index (χ4v) is 1.79. The summed E-state index contributed by atoms with van der Waals surface area (Å²) >= 11 is 5.59. The first-order valence-electron chi connectivity index (χ1n) is 5.60. The molecule has 0 amide bonds. The van der Waals surface area contributed by atoms with Crippen LogP contribution in [-0.2, 0) is 6.42 Å². The summed E-state index contributed by atoms with van der Waals surface area (Å²) in [5.74, 6) is -0.525. The normalized spacial score (nSPS) is 10.4. The molecule has 2 aromatic rings. The van der Waals surface area contributed by atoms with E-state index in [0.29, 0.717) is 11.1 Å². The topological polar surface area (TPSA) is 17.1 Å². The van der Waals surface area contributed by atoms with E-state index in [4.69, 9.17) is 11.6 Å². The van der Waals surface area contributed by atoms with Crippen molar-refractivity contribution in [1.82, 2.24) is 0 Å². The van der Waals surface area contributed by atoms with Gasteiger partial charge in [0, 0.05) is 12.0 Å². The van der Waals surface area contributed by atoms with E-state index in [0.717, 1.165) is 5.56 Å². The van der Waals surface area contributed by atoms with Gasteiger partial charge in [-0.2, -0.15) is 0 Å².